The van der Waals surface area contributed by atoms with Gasteiger partial charge in [0.15, 0.2) is 0 Å². The van der Waals surface area contributed by atoms with E-state index < -0.39 is 0 Å². The SMILES string of the molecule is NNc1ncc(Br)c(Nc2ccc(F)c(Br)c2)n1. The summed E-state index contributed by atoms with van der Waals surface area (Å²) in [5.74, 6) is 5.71. The molecule has 0 atom stereocenters. The van der Waals surface area contributed by atoms with Gasteiger partial charge < -0.3 is 5.32 Å². The Kier molecular flexibility index (Phi) is 4.10. The third-order valence-corrected chi connectivity index (χ3v) is 3.24. The molecular formula is C10H8Br2FN5. The third-order valence-electron chi connectivity index (χ3n) is 2.06. The first-order chi connectivity index (χ1) is 8.60. The molecule has 0 aliphatic heterocycles. The summed E-state index contributed by atoms with van der Waals surface area (Å²) in [6.07, 6.45) is 1.56. The van der Waals surface area contributed by atoms with Crippen LogP contribution < -0.4 is 16.6 Å². The number of aromatic nitrogens is 2. The molecule has 0 aliphatic rings. The van der Waals surface area contributed by atoms with Crippen LogP contribution in [0.15, 0.2) is 33.3 Å². The Bertz CT molecular complexity index is 578. The highest BCUT2D eigenvalue weighted by Crippen LogP contribution is 2.26. The van der Waals surface area contributed by atoms with E-state index in [9.17, 15) is 4.39 Å². The van der Waals surface area contributed by atoms with Crippen molar-refractivity contribution in [2.45, 2.75) is 0 Å². The van der Waals surface area contributed by atoms with E-state index in [0.717, 1.165) is 0 Å². The highest BCUT2D eigenvalue weighted by Gasteiger charge is 2.06. The van der Waals surface area contributed by atoms with Crippen LogP contribution in [0.3, 0.4) is 0 Å². The zero-order valence-electron chi connectivity index (χ0n) is 8.92. The molecule has 2 rings (SSSR count). The van der Waals surface area contributed by atoms with Crippen molar-refractivity contribution < 1.29 is 4.39 Å². The van der Waals surface area contributed by atoms with Crippen molar-refractivity contribution in [2.24, 2.45) is 5.84 Å². The van der Waals surface area contributed by atoms with E-state index in [-0.39, 0.29) is 11.8 Å². The Morgan fingerprint density at radius 3 is 2.67 bits per heavy atom. The van der Waals surface area contributed by atoms with Crippen LogP contribution in [0.5, 0.6) is 0 Å². The molecule has 1 heterocycles. The largest absolute Gasteiger partial charge is 0.339 e. The molecule has 0 radical (unpaired) electrons. The number of benzene rings is 1. The van der Waals surface area contributed by atoms with Crippen molar-refractivity contribution in [3.63, 3.8) is 0 Å². The standard InChI is InChI=1S/C10H8Br2FN5/c11-6-3-5(1-2-8(6)13)16-9-7(12)4-15-10(17-9)18-14/h1-4H,14H2,(H2,15,16,17,18). The summed E-state index contributed by atoms with van der Waals surface area (Å²) in [6, 6.07) is 4.56. The number of hydrazine groups is 1. The number of hydrogen-bond donors (Lipinski definition) is 3. The van der Waals surface area contributed by atoms with Crippen molar-refractivity contribution in [1.29, 1.82) is 0 Å². The zero-order valence-corrected chi connectivity index (χ0v) is 12.1. The van der Waals surface area contributed by atoms with E-state index in [1.807, 2.05) is 0 Å². The van der Waals surface area contributed by atoms with Gasteiger partial charge in [-0.3, -0.25) is 5.43 Å². The van der Waals surface area contributed by atoms with Gasteiger partial charge in [0, 0.05) is 11.9 Å². The molecule has 0 bridgehead atoms. The summed E-state index contributed by atoms with van der Waals surface area (Å²) in [4.78, 5) is 8.05. The third kappa shape index (κ3) is 2.95. The molecule has 5 nitrogen and oxygen atoms in total. The normalized spacial score (nSPS) is 10.2. The molecule has 0 unspecified atom stereocenters. The van der Waals surface area contributed by atoms with Crippen molar-refractivity contribution in [3.05, 3.63) is 39.2 Å². The Balaban J connectivity index is 2.30. The lowest BCUT2D eigenvalue weighted by atomic mass is 10.3. The first kappa shape index (κ1) is 13.2. The smallest absolute Gasteiger partial charge is 0.239 e. The van der Waals surface area contributed by atoms with Crippen molar-refractivity contribution in [2.75, 3.05) is 10.7 Å². The van der Waals surface area contributed by atoms with Crippen LogP contribution in [-0.2, 0) is 0 Å². The predicted molar refractivity (Wildman–Crippen MR) is 74.9 cm³/mol. The Hall–Kier alpha value is -1.25. The minimum absolute atomic E-state index is 0.280. The second kappa shape index (κ2) is 5.59. The minimum Gasteiger partial charge on any atom is -0.339 e. The van der Waals surface area contributed by atoms with Gasteiger partial charge in [-0.15, -0.1) is 0 Å². The summed E-state index contributed by atoms with van der Waals surface area (Å²) >= 11 is 6.42. The molecule has 0 saturated heterocycles. The number of nitrogens with two attached hydrogens (primary N) is 1. The van der Waals surface area contributed by atoms with E-state index in [4.69, 9.17) is 5.84 Å². The number of halogens is 3. The van der Waals surface area contributed by atoms with E-state index in [1.165, 1.54) is 6.07 Å². The summed E-state index contributed by atoms with van der Waals surface area (Å²) in [5, 5.41) is 3.02. The second-order valence-electron chi connectivity index (χ2n) is 3.29. The number of nitrogens with zero attached hydrogens (tertiary/aromatic N) is 2. The molecule has 2 aromatic rings. The van der Waals surface area contributed by atoms with Gasteiger partial charge in [0.05, 0.1) is 8.95 Å². The fourth-order valence-corrected chi connectivity index (χ4v) is 1.90. The molecule has 8 heteroatoms. The Morgan fingerprint density at radius 2 is 2.00 bits per heavy atom. The minimum atomic E-state index is -0.327. The van der Waals surface area contributed by atoms with Crippen molar-refractivity contribution in [1.82, 2.24) is 9.97 Å². The lowest BCUT2D eigenvalue weighted by molar-refractivity contribution is 0.621. The molecule has 1 aromatic carbocycles. The van der Waals surface area contributed by atoms with Gasteiger partial charge >= 0.3 is 0 Å². The fraction of sp³-hybridized carbons (Fsp3) is 0. The van der Waals surface area contributed by atoms with E-state index in [1.54, 1.807) is 18.3 Å². The predicted octanol–water partition coefficient (Wildman–Crippen LogP) is 3.17. The highest BCUT2D eigenvalue weighted by molar-refractivity contribution is 9.10. The molecule has 0 aliphatic carbocycles. The van der Waals surface area contributed by atoms with Gasteiger partial charge in [-0.1, -0.05) is 0 Å². The Morgan fingerprint density at radius 1 is 1.22 bits per heavy atom. The highest BCUT2D eigenvalue weighted by atomic mass is 79.9. The van der Waals surface area contributed by atoms with Crippen LogP contribution in [-0.4, -0.2) is 9.97 Å². The maximum atomic E-state index is 13.1. The molecule has 0 fully saturated rings. The van der Waals surface area contributed by atoms with Crippen LogP contribution in [0.2, 0.25) is 0 Å². The summed E-state index contributed by atoms with van der Waals surface area (Å²) in [7, 11) is 0. The summed E-state index contributed by atoms with van der Waals surface area (Å²) < 4.78 is 14.1. The summed E-state index contributed by atoms with van der Waals surface area (Å²) in [5.41, 5.74) is 3.03. The lowest BCUT2D eigenvalue weighted by Crippen LogP contribution is -2.11. The van der Waals surface area contributed by atoms with Crippen LogP contribution >= 0.6 is 31.9 Å². The van der Waals surface area contributed by atoms with Crippen molar-refractivity contribution in [3.8, 4) is 0 Å². The van der Waals surface area contributed by atoms with Crippen LogP contribution in [0.1, 0.15) is 0 Å². The Labute approximate surface area is 119 Å². The first-order valence-electron chi connectivity index (χ1n) is 4.81. The van der Waals surface area contributed by atoms with Crippen LogP contribution in [0, 0.1) is 5.82 Å². The number of nitrogens with one attached hydrogen (secondary N) is 2. The van der Waals surface area contributed by atoms with Crippen LogP contribution in [0.4, 0.5) is 21.8 Å². The van der Waals surface area contributed by atoms with Crippen molar-refractivity contribution >= 4 is 49.3 Å². The monoisotopic (exact) mass is 375 g/mol. The topological polar surface area (TPSA) is 75.9 Å². The van der Waals surface area contributed by atoms with E-state index in [0.29, 0.717) is 20.5 Å². The number of nitrogen functional groups attached to an aromatic ring is 1. The van der Waals surface area contributed by atoms with Gasteiger partial charge in [-0.2, -0.15) is 4.98 Å². The second-order valence-corrected chi connectivity index (χ2v) is 5.00. The molecule has 18 heavy (non-hydrogen) atoms. The molecule has 1 aromatic heterocycles. The molecule has 94 valence electrons. The van der Waals surface area contributed by atoms with E-state index in [2.05, 4.69) is 52.6 Å². The molecule has 0 saturated carbocycles. The zero-order chi connectivity index (χ0) is 13.1. The maximum absolute atomic E-state index is 13.1. The van der Waals surface area contributed by atoms with Gasteiger partial charge in [-0.25, -0.2) is 15.2 Å². The van der Waals surface area contributed by atoms with Gasteiger partial charge in [0.2, 0.25) is 5.95 Å². The molecule has 0 spiro atoms. The molecular weight excluding hydrogens is 369 g/mol. The van der Waals surface area contributed by atoms with Gasteiger partial charge in [-0.05, 0) is 50.1 Å². The number of hydrogen-bond acceptors (Lipinski definition) is 5. The first-order valence-corrected chi connectivity index (χ1v) is 6.40. The molecule has 4 N–H and O–H groups in total. The summed E-state index contributed by atoms with van der Waals surface area (Å²) in [6.45, 7) is 0. The molecule has 0 amide bonds. The average Bonchev–Trinajstić information content (AvgIpc) is 2.36. The number of anilines is 3. The van der Waals surface area contributed by atoms with E-state index >= 15 is 0 Å². The fourth-order valence-electron chi connectivity index (χ4n) is 1.23. The quantitative estimate of drug-likeness (QED) is 0.566. The van der Waals surface area contributed by atoms with Gasteiger partial charge in [0.1, 0.15) is 11.6 Å². The number of rotatable bonds is 3. The maximum Gasteiger partial charge on any atom is 0.239 e. The van der Waals surface area contributed by atoms with Gasteiger partial charge in [0.25, 0.3) is 0 Å². The van der Waals surface area contributed by atoms with Crippen LogP contribution in [0.25, 0.3) is 0 Å². The lowest BCUT2D eigenvalue weighted by Gasteiger charge is -2.09. The average molecular weight is 377 g/mol.